The molecule has 2 heterocycles. The molecule has 0 saturated heterocycles. The fourth-order valence-corrected chi connectivity index (χ4v) is 7.35. The number of hydrogen-bond donors (Lipinski definition) is 4. The molecule has 0 aliphatic rings. The van der Waals surface area contributed by atoms with E-state index in [2.05, 4.69) is 31.5 Å². The number of carbonyl (C=O) groups excluding carboxylic acids is 2. The number of amides is 2. The molecule has 0 bridgehead atoms. The van der Waals surface area contributed by atoms with E-state index < -0.39 is 12.1 Å². The third-order valence-electron chi connectivity index (χ3n) is 10.5. The topological polar surface area (TPSA) is 118 Å². The summed E-state index contributed by atoms with van der Waals surface area (Å²) in [5, 5.41) is 22.7. The molecule has 2 amide bonds. The molecular formula is C52H50Cl2N8O2. The fraction of sp³-hybridized carbons (Fsp3) is 0.154. The van der Waals surface area contributed by atoms with Gasteiger partial charge in [-0.15, -0.1) is 0 Å². The number of aryl methyl sites for hydroxylation is 2. The van der Waals surface area contributed by atoms with E-state index in [-0.39, 0.29) is 11.8 Å². The van der Waals surface area contributed by atoms with Crippen LogP contribution in [0.4, 0.5) is 11.4 Å². The monoisotopic (exact) mass is 888 g/mol. The Morgan fingerprint density at radius 3 is 1.17 bits per heavy atom. The Morgan fingerprint density at radius 2 is 0.844 bits per heavy atom. The summed E-state index contributed by atoms with van der Waals surface area (Å²) in [7, 11) is 3.78. The number of anilines is 2. The van der Waals surface area contributed by atoms with Gasteiger partial charge in [-0.2, -0.15) is 10.2 Å². The SMILES string of the molecule is Cn1cc(-c2ccc(NC(=O)[C@@H](NCCc3ccc(Cl)cc3)c3ccccc3)cc2)cn1.Cn1cc(-c2ccc(NC(=O)[C@H](NCCc3ccc(Cl)cc3)c3ccccc3)cc2)cn1. The molecule has 2 aromatic heterocycles. The maximum atomic E-state index is 13.2. The summed E-state index contributed by atoms with van der Waals surface area (Å²) in [6, 6.07) is 49.7. The first-order chi connectivity index (χ1) is 31.2. The van der Waals surface area contributed by atoms with Gasteiger partial charge in [0.1, 0.15) is 12.1 Å². The molecule has 12 heteroatoms. The van der Waals surface area contributed by atoms with Crippen LogP contribution in [0.3, 0.4) is 0 Å². The summed E-state index contributed by atoms with van der Waals surface area (Å²) in [4.78, 5) is 26.3. The second kappa shape index (κ2) is 22.5. The smallest absolute Gasteiger partial charge is 0.246 e. The molecule has 0 spiro atoms. The van der Waals surface area contributed by atoms with E-state index in [9.17, 15) is 9.59 Å². The van der Waals surface area contributed by atoms with Gasteiger partial charge >= 0.3 is 0 Å². The van der Waals surface area contributed by atoms with E-state index in [0.29, 0.717) is 13.1 Å². The zero-order chi connectivity index (χ0) is 44.7. The van der Waals surface area contributed by atoms with E-state index in [1.54, 1.807) is 9.36 Å². The van der Waals surface area contributed by atoms with Crippen molar-refractivity contribution in [3.63, 3.8) is 0 Å². The van der Waals surface area contributed by atoms with Gasteiger partial charge < -0.3 is 21.3 Å². The maximum Gasteiger partial charge on any atom is 0.246 e. The Hall–Kier alpha value is -6.82. The average molecular weight is 890 g/mol. The summed E-state index contributed by atoms with van der Waals surface area (Å²) < 4.78 is 3.54. The third kappa shape index (κ3) is 13.1. The number of carbonyl (C=O) groups is 2. The molecule has 8 aromatic rings. The predicted molar refractivity (Wildman–Crippen MR) is 259 cm³/mol. The Kier molecular flexibility index (Phi) is 15.9. The largest absolute Gasteiger partial charge is 0.324 e. The molecule has 0 saturated carbocycles. The lowest BCUT2D eigenvalue weighted by molar-refractivity contribution is -0.119. The van der Waals surface area contributed by atoms with Crippen molar-refractivity contribution in [3.8, 4) is 22.3 Å². The standard InChI is InChI=1S/2C26H25ClN4O/c2*1-31-18-22(17-29-31)20-9-13-24(14-10-20)30-26(32)25(21-5-3-2-4-6-21)28-16-15-19-7-11-23(27)12-8-19/h2*2-14,17-18,25,28H,15-16H2,1H3,(H,30,32)/t2*25-/m10/s1. The van der Waals surface area contributed by atoms with Gasteiger partial charge in [0.05, 0.1) is 12.4 Å². The Labute approximate surface area is 384 Å². The highest BCUT2D eigenvalue weighted by molar-refractivity contribution is 6.30. The quantitative estimate of drug-likeness (QED) is 0.0768. The van der Waals surface area contributed by atoms with Crippen LogP contribution in [0.25, 0.3) is 22.3 Å². The zero-order valence-electron chi connectivity index (χ0n) is 35.7. The van der Waals surface area contributed by atoms with E-state index in [4.69, 9.17) is 23.2 Å². The Balaban J connectivity index is 0.000000191. The van der Waals surface area contributed by atoms with E-state index in [0.717, 1.165) is 67.6 Å². The van der Waals surface area contributed by atoms with Crippen LogP contribution in [-0.4, -0.2) is 44.5 Å². The Bertz CT molecular complexity index is 2500. The van der Waals surface area contributed by atoms with Crippen molar-refractivity contribution in [2.24, 2.45) is 14.1 Å². The number of hydrogen-bond acceptors (Lipinski definition) is 6. The third-order valence-corrected chi connectivity index (χ3v) is 11.0. The van der Waals surface area contributed by atoms with Crippen LogP contribution in [-0.2, 0) is 36.5 Å². The number of nitrogens with one attached hydrogen (secondary N) is 4. The summed E-state index contributed by atoms with van der Waals surface area (Å²) in [5.74, 6) is -0.192. The summed E-state index contributed by atoms with van der Waals surface area (Å²) in [5.41, 5.74) is 9.87. The fourth-order valence-electron chi connectivity index (χ4n) is 7.10. The second-order valence-corrected chi connectivity index (χ2v) is 16.2. The lowest BCUT2D eigenvalue weighted by Gasteiger charge is -2.19. The van der Waals surface area contributed by atoms with E-state index >= 15 is 0 Å². The Morgan fingerprint density at radius 1 is 0.484 bits per heavy atom. The van der Waals surface area contributed by atoms with Crippen molar-refractivity contribution >= 4 is 46.4 Å². The van der Waals surface area contributed by atoms with Crippen LogP contribution >= 0.6 is 23.2 Å². The molecule has 0 unspecified atom stereocenters. The highest BCUT2D eigenvalue weighted by Crippen LogP contribution is 2.24. The lowest BCUT2D eigenvalue weighted by Crippen LogP contribution is -2.34. The summed E-state index contributed by atoms with van der Waals surface area (Å²) in [6.07, 6.45) is 9.17. The lowest BCUT2D eigenvalue weighted by atomic mass is 10.0. The van der Waals surface area contributed by atoms with Gasteiger partial charge in [-0.1, -0.05) is 132 Å². The van der Waals surface area contributed by atoms with Crippen LogP contribution in [0.15, 0.2) is 183 Å². The molecular weight excluding hydrogens is 840 g/mol. The van der Waals surface area contributed by atoms with Crippen molar-refractivity contribution in [1.29, 1.82) is 0 Å². The number of halogens is 2. The average Bonchev–Trinajstić information content (AvgIpc) is 3.97. The van der Waals surface area contributed by atoms with Crippen molar-refractivity contribution in [3.05, 3.63) is 215 Å². The van der Waals surface area contributed by atoms with Crippen LogP contribution in [0.1, 0.15) is 34.3 Å². The number of aromatic nitrogens is 4. The highest BCUT2D eigenvalue weighted by Gasteiger charge is 2.21. The number of rotatable bonds is 16. The van der Waals surface area contributed by atoms with Gasteiger partial charge in [0.25, 0.3) is 0 Å². The number of benzene rings is 6. The summed E-state index contributed by atoms with van der Waals surface area (Å²) >= 11 is 11.9. The molecule has 4 N–H and O–H groups in total. The molecule has 8 rings (SSSR count). The van der Waals surface area contributed by atoms with Crippen molar-refractivity contribution in [1.82, 2.24) is 30.2 Å². The first-order valence-electron chi connectivity index (χ1n) is 21.0. The molecule has 0 aliphatic heterocycles. The molecule has 6 aromatic carbocycles. The van der Waals surface area contributed by atoms with Crippen LogP contribution in [0.5, 0.6) is 0 Å². The molecule has 0 radical (unpaired) electrons. The molecule has 64 heavy (non-hydrogen) atoms. The molecule has 10 nitrogen and oxygen atoms in total. The molecule has 2 atom stereocenters. The van der Waals surface area contributed by atoms with Gasteiger partial charge in [0.2, 0.25) is 11.8 Å². The minimum absolute atomic E-state index is 0.0959. The zero-order valence-corrected chi connectivity index (χ0v) is 37.2. The van der Waals surface area contributed by atoms with Gasteiger partial charge in [-0.3, -0.25) is 19.0 Å². The van der Waals surface area contributed by atoms with Gasteiger partial charge in [-0.05, 0) is 94.8 Å². The first-order valence-corrected chi connectivity index (χ1v) is 21.8. The maximum absolute atomic E-state index is 13.2. The highest BCUT2D eigenvalue weighted by atomic mass is 35.5. The minimum Gasteiger partial charge on any atom is -0.324 e. The molecule has 0 fully saturated rings. The van der Waals surface area contributed by atoms with Crippen molar-refractivity contribution in [2.45, 2.75) is 24.9 Å². The van der Waals surface area contributed by atoms with E-state index in [1.807, 2.05) is 197 Å². The van der Waals surface area contributed by atoms with Crippen molar-refractivity contribution < 1.29 is 9.59 Å². The predicted octanol–water partition coefficient (Wildman–Crippen LogP) is 10.5. The molecule has 0 aliphatic carbocycles. The van der Waals surface area contributed by atoms with Crippen LogP contribution in [0, 0.1) is 0 Å². The van der Waals surface area contributed by atoms with Gasteiger partial charge in [0.15, 0.2) is 0 Å². The van der Waals surface area contributed by atoms with Gasteiger partial charge in [0, 0.05) is 72.1 Å². The van der Waals surface area contributed by atoms with Crippen molar-refractivity contribution in [2.75, 3.05) is 23.7 Å². The van der Waals surface area contributed by atoms with Crippen LogP contribution in [0.2, 0.25) is 10.0 Å². The molecule has 324 valence electrons. The normalized spacial score (nSPS) is 11.8. The first kappa shape index (κ1) is 45.2. The van der Waals surface area contributed by atoms with Gasteiger partial charge in [-0.25, -0.2) is 0 Å². The minimum atomic E-state index is -0.457. The summed E-state index contributed by atoms with van der Waals surface area (Å²) in [6.45, 7) is 1.32. The van der Waals surface area contributed by atoms with E-state index in [1.165, 1.54) is 11.1 Å². The second-order valence-electron chi connectivity index (χ2n) is 15.3. The number of nitrogens with zero attached hydrogens (tertiary/aromatic N) is 4. The van der Waals surface area contributed by atoms with Crippen LogP contribution < -0.4 is 21.3 Å².